The number of aliphatic hydroxyl groups is 1. The van der Waals surface area contributed by atoms with Gasteiger partial charge in [-0.2, -0.15) is 0 Å². The highest BCUT2D eigenvalue weighted by Gasteiger charge is 2.41. The number of nitrogens with one attached hydrogen (secondary N) is 1. The Balaban J connectivity index is 1.88. The van der Waals surface area contributed by atoms with Crippen molar-refractivity contribution in [2.45, 2.75) is 39.2 Å². The van der Waals surface area contributed by atoms with Gasteiger partial charge in [0.05, 0.1) is 13.2 Å². The average Bonchev–Trinajstić information content (AvgIpc) is 2.91. The summed E-state index contributed by atoms with van der Waals surface area (Å²) in [5, 5.41) is 12.0. The van der Waals surface area contributed by atoms with Gasteiger partial charge in [-0.05, 0) is 38.1 Å². The minimum absolute atomic E-state index is 0.127. The summed E-state index contributed by atoms with van der Waals surface area (Å²) >= 11 is 0. The molecule has 0 aromatic rings. The Kier molecular flexibility index (Phi) is 4.85. The maximum Gasteiger partial charge on any atom is 0.0697 e. The van der Waals surface area contributed by atoms with Gasteiger partial charge >= 0.3 is 0 Å². The molecule has 1 atom stereocenters. The molecule has 1 fully saturated rings. The second-order valence-electron chi connectivity index (χ2n) is 4.52. The Morgan fingerprint density at radius 2 is 2.14 bits per heavy atom. The normalized spacial score (nSPS) is 20.8. The van der Waals surface area contributed by atoms with Gasteiger partial charge in [0, 0.05) is 12.6 Å². The highest BCUT2D eigenvalue weighted by molar-refractivity contribution is 4.96. The van der Waals surface area contributed by atoms with Gasteiger partial charge in [0.25, 0.3) is 0 Å². The van der Waals surface area contributed by atoms with Crippen molar-refractivity contribution in [2.75, 3.05) is 26.4 Å². The van der Waals surface area contributed by atoms with E-state index in [0.29, 0.717) is 18.1 Å². The van der Waals surface area contributed by atoms with Crippen LogP contribution in [0.15, 0.2) is 0 Å². The van der Waals surface area contributed by atoms with E-state index in [0.717, 1.165) is 19.6 Å². The summed E-state index contributed by atoms with van der Waals surface area (Å²) < 4.78 is 5.18. The van der Waals surface area contributed by atoms with E-state index < -0.39 is 0 Å². The maximum atomic E-state index is 8.49. The van der Waals surface area contributed by atoms with Crippen molar-refractivity contribution in [3.8, 4) is 0 Å². The Morgan fingerprint density at radius 1 is 1.43 bits per heavy atom. The molecule has 0 heterocycles. The second-order valence-corrected chi connectivity index (χ2v) is 4.52. The van der Waals surface area contributed by atoms with Crippen LogP contribution >= 0.6 is 0 Å². The SMILES string of the molecule is CC(NCCCOCCO)C1(C)CC1. The number of aliphatic hydroxyl groups excluding tert-OH is 1. The molecule has 1 aliphatic rings. The largest absolute Gasteiger partial charge is 0.394 e. The summed E-state index contributed by atoms with van der Waals surface area (Å²) in [5.41, 5.74) is 0.561. The Bertz CT molecular complexity index is 157. The minimum Gasteiger partial charge on any atom is -0.394 e. The zero-order valence-corrected chi connectivity index (χ0v) is 9.38. The van der Waals surface area contributed by atoms with Gasteiger partial charge < -0.3 is 15.2 Å². The third kappa shape index (κ3) is 3.95. The molecule has 0 radical (unpaired) electrons. The van der Waals surface area contributed by atoms with Crippen molar-refractivity contribution >= 4 is 0 Å². The fourth-order valence-corrected chi connectivity index (χ4v) is 1.54. The first kappa shape index (κ1) is 12.0. The van der Waals surface area contributed by atoms with Crippen LogP contribution in [0.5, 0.6) is 0 Å². The molecule has 0 saturated heterocycles. The first-order chi connectivity index (χ1) is 6.69. The predicted molar refractivity (Wildman–Crippen MR) is 57.3 cm³/mol. The molecule has 1 rings (SSSR count). The first-order valence-corrected chi connectivity index (χ1v) is 5.61. The van der Waals surface area contributed by atoms with Crippen LogP contribution in [0.1, 0.15) is 33.1 Å². The van der Waals surface area contributed by atoms with E-state index in [1.54, 1.807) is 0 Å². The van der Waals surface area contributed by atoms with Crippen molar-refractivity contribution in [2.24, 2.45) is 5.41 Å². The lowest BCUT2D eigenvalue weighted by molar-refractivity contribution is 0.0901. The summed E-state index contributed by atoms with van der Waals surface area (Å²) in [6.45, 7) is 6.96. The molecule has 0 aromatic heterocycles. The maximum absolute atomic E-state index is 8.49. The van der Waals surface area contributed by atoms with Gasteiger partial charge in [-0.25, -0.2) is 0 Å². The fourth-order valence-electron chi connectivity index (χ4n) is 1.54. The molecule has 0 amide bonds. The van der Waals surface area contributed by atoms with Crippen LogP contribution in [-0.2, 0) is 4.74 Å². The van der Waals surface area contributed by atoms with Gasteiger partial charge in [0.15, 0.2) is 0 Å². The van der Waals surface area contributed by atoms with Crippen LogP contribution in [0.4, 0.5) is 0 Å². The molecule has 0 bridgehead atoms. The quantitative estimate of drug-likeness (QED) is 0.579. The highest BCUT2D eigenvalue weighted by Crippen LogP contribution is 2.47. The predicted octanol–water partition coefficient (Wildman–Crippen LogP) is 1.16. The number of hydrogen-bond donors (Lipinski definition) is 2. The second kappa shape index (κ2) is 5.69. The van der Waals surface area contributed by atoms with Crippen LogP contribution in [0.25, 0.3) is 0 Å². The standard InChI is InChI=1S/C11H23NO2/c1-10(11(2)4-5-11)12-6-3-8-14-9-7-13/h10,12-13H,3-9H2,1-2H3. The molecule has 1 saturated carbocycles. The van der Waals surface area contributed by atoms with Crippen LogP contribution < -0.4 is 5.32 Å². The number of hydrogen-bond acceptors (Lipinski definition) is 3. The molecule has 14 heavy (non-hydrogen) atoms. The van der Waals surface area contributed by atoms with E-state index in [2.05, 4.69) is 19.2 Å². The molecule has 1 unspecified atom stereocenters. The van der Waals surface area contributed by atoms with Gasteiger partial charge in [-0.1, -0.05) is 6.92 Å². The third-order valence-electron chi connectivity index (χ3n) is 3.24. The smallest absolute Gasteiger partial charge is 0.0697 e. The monoisotopic (exact) mass is 201 g/mol. The van der Waals surface area contributed by atoms with E-state index in [9.17, 15) is 0 Å². The van der Waals surface area contributed by atoms with Gasteiger partial charge in [-0.3, -0.25) is 0 Å². The summed E-state index contributed by atoms with van der Waals surface area (Å²) in [6.07, 6.45) is 3.75. The molecular weight excluding hydrogens is 178 g/mol. The van der Waals surface area contributed by atoms with E-state index in [1.165, 1.54) is 12.8 Å². The van der Waals surface area contributed by atoms with Crippen LogP contribution in [0, 0.1) is 5.41 Å². The summed E-state index contributed by atoms with van der Waals surface area (Å²) in [6, 6.07) is 0.625. The molecule has 84 valence electrons. The number of ether oxygens (including phenoxy) is 1. The van der Waals surface area contributed by atoms with E-state index in [-0.39, 0.29) is 6.61 Å². The van der Waals surface area contributed by atoms with Gasteiger partial charge in [0.2, 0.25) is 0 Å². The van der Waals surface area contributed by atoms with Gasteiger partial charge in [0.1, 0.15) is 0 Å². The van der Waals surface area contributed by atoms with Crippen LogP contribution in [0.2, 0.25) is 0 Å². The van der Waals surface area contributed by atoms with Crippen molar-refractivity contribution in [3.63, 3.8) is 0 Å². The highest BCUT2D eigenvalue weighted by atomic mass is 16.5. The summed E-state index contributed by atoms with van der Waals surface area (Å²) in [5.74, 6) is 0. The molecule has 2 N–H and O–H groups in total. The zero-order chi connectivity index (χ0) is 10.4. The van der Waals surface area contributed by atoms with E-state index in [4.69, 9.17) is 9.84 Å². The van der Waals surface area contributed by atoms with Crippen LogP contribution in [0.3, 0.4) is 0 Å². The Morgan fingerprint density at radius 3 is 2.71 bits per heavy atom. The zero-order valence-electron chi connectivity index (χ0n) is 9.38. The van der Waals surface area contributed by atoms with Crippen molar-refractivity contribution in [3.05, 3.63) is 0 Å². The first-order valence-electron chi connectivity index (χ1n) is 5.61. The third-order valence-corrected chi connectivity index (χ3v) is 3.24. The lowest BCUT2D eigenvalue weighted by atomic mass is 10.0. The lowest BCUT2D eigenvalue weighted by Gasteiger charge is -2.20. The summed E-state index contributed by atoms with van der Waals surface area (Å²) in [7, 11) is 0. The number of rotatable bonds is 8. The minimum atomic E-state index is 0.127. The molecule has 1 aliphatic carbocycles. The molecule has 3 heteroatoms. The van der Waals surface area contributed by atoms with E-state index >= 15 is 0 Å². The van der Waals surface area contributed by atoms with E-state index in [1.807, 2.05) is 0 Å². The average molecular weight is 201 g/mol. The molecular formula is C11H23NO2. The topological polar surface area (TPSA) is 41.5 Å². The molecule has 0 aromatic carbocycles. The molecule has 3 nitrogen and oxygen atoms in total. The fraction of sp³-hybridized carbons (Fsp3) is 1.00. The van der Waals surface area contributed by atoms with Crippen molar-refractivity contribution in [1.29, 1.82) is 0 Å². The Labute approximate surface area is 86.8 Å². The lowest BCUT2D eigenvalue weighted by Crippen LogP contribution is -2.34. The van der Waals surface area contributed by atoms with Gasteiger partial charge in [-0.15, -0.1) is 0 Å². The molecule has 0 spiro atoms. The van der Waals surface area contributed by atoms with Crippen molar-refractivity contribution in [1.82, 2.24) is 5.32 Å². The van der Waals surface area contributed by atoms with Crippen LogP contribution in [-0.4, -0.2) is 37.5 Å². The summed E-state index contributed by atoms with van der Waals surface area (Å²) in [4.78, 5) is 0. The molecule has 0 aliphatic heterocycles. The van der Waals surface area contributed by atoms with Crippen molar-refractivity contribution < 1.29 is 9.84 Å². The Hall–Kier alpha value is -0.120.